The molecule has 6 nitrogen and oxygen atoms in total. The van der Waals surface area contributed by atoms with Gasteiger partial charge in [-0.15, -0.1) is 0 Å². The molecule has 1 aromatic carbocycles. The number of aryl methyl sites for hydroxylation is 1. The lowest BCUT2D eigenvalue weighted by Gasteiger charge is -2.10. The van der Waals surface area contributed by atoms with Crippen molar-refractivity contribution >= 4 is 23.4 Å². The van der Waals surface area contributed by atoms with Crippen LogP contribution in [0.1, 0.15) is 11.1 Å². The number of anilines is 1. The highest BCUT2D eigenvalue weighted by Gasteiger charge is 2.04. The van der Waals surface area contributed by atoms with Gasteiger partial charge in [-0.25, -0.2) is 4.98 Å². The second kappa shape index (κ2) is 5.75. The maximum absolute atomic E-state index is 7.91. The Morgan fingerprint density at radius 1 is 1.50 bits per heavy atom. The van der Waals surface area contributed by atoms with Crippen LogP contribution in [0.4, 0.5) is 5.82 Å². The molecule has 0 aliphatic rings. The van der Waals surface area contributed by atoms with Crippen LogP contribution < -0.4 is 16.5 Å². The smallest absolute Gasteiger partial charge is 0.198 e. The van der Waals surface area contributed by atoms with Crippen molar-refractivity contribution in [2.45, 2.75) is 13.5 Å². The fraction of sp³-hybridized carbons (Fsp3) is 0.154. The molecule has 0 aliphatic heterocycles. The van der Waals surface area contributed by atoms with Crippen LogP contribution in [-0.4, -0.2) is 15.5 Å². The minimum absolute atomic E-state index is 0.0400. The van der Waals surface area contributed by atoms with E-state index in [4.69, 9.17) is 28.2 Å². The van der Waals surface area contributed by atoms with Crippen molar-refractivity contribution in [1.29, 1.82) is 10.8 Å². The summed E-state index contributed by atoms with van der Waals surface area (Å²) in [5, 5.41) is 19.0. The third-order valence-electron chi connectivity index (χ3n) is 2.84. The third-order valence-corrected chi connectivity index (χ3v) is 3.25. The lowest BCUT2D eigenvalue weighted by atomic mass is 10.1. The summed E-state index contributed by atoms with van der Waals surface area (Å²) in [5.41, 5.74) is 7.42. The molecular formula is C13H15ClN6. The summed E-state index contributed by atoms with van der Waals surface area (Å²) in [6, 6.07) is 5.77. The SMILES string of the molecule is Cc1ccc(CNc2nccn(C(=N)N)c2=N)cc1Cl. The molecule has 1 aromatic heterocycles. The lowest BCUT2D eigenvalue weighted by Crippen LogP contribution is -2.33. The molecule has 0 atom stereocenters. The average molecular weight is 291 g/mol. The van der Waals surface area contributed by atoms with Crippen molar-refractivity contribution in [1.82, 2.24) is 9.55 Å². The molecule has 0 saturated heterocycles. The number of hydrogen-bond donors (Lipinski definition) is 4. The molecule has 20 heavy (non-hydrogen) atoms. The van der Waals surface area contributed by atoms with Gasteiger partial charge in [0, 0.05) is 24.0 Å². The number of nitrogens with zero attached hydrogens (tertiary/aromatic N) is 2. The maximum atomic E-state index is 7.91. The summed E-state index contributed by atoms with van der Waals surface area (Å²) in [7, 11) is 0. The fourth-order valence-corrected chi connectivity index (χ4v) is 1.89. The summed E-state index contributed by atoms with van der Waals surface area (Å²) < 4.78 is 1.23. The number of rotatable bonds is 3. The second-order valence-corrected chi connectivity index (χ2v) is 4.72. The third kappa shape index (κ3) is 2.97. The van der Waals surface area contributed by atoms with Gasteiger partial charge >= 0.3 is 0 Å². The van der Waals surface area contributed by atoms with Crippen LogP contribution in [0, 0.1) is 17.7 Å². The fourth-order valence-electron chi connectivity index (χ4n) is 1.69. The normalized spacial score (nSPS) is 10.3. The minimum Gasteiger partial charge on any atom is -0.369 e. The molecule has 0 unspecified atom stereocenters. The number of nitrogens with one attached hydrogen (secondary N) is 3. The highest BCUT2D eigenvalue weighted by atomic mass is 35.5. The number of hydrogen-bond acceptors (Lipinski definition) is 4. The summed E-state index contributed by atoms with van der Waals surface area (Å²) >= 11 is 6.06. The Labute approximate surface area is 121 Å². The molecule has 0 radical (unpaired) electrons. The monoisotopic (exact) mass is 290 g/mol. The number of aromatic nitrogens is 2. The molecule has 2 rings (SSSR count). The van der Waals surface area contributed by atoms with Crippen LogP contribution in [0.3, 0.4) is 0 Å². The van der Waals surface area contributed by atoms with E-state index >= 15 is 0 Å². The van der Waals surface area contributed by atoms with Crippen LogP contribution in [0.2, 0.25) is 5.02 Å². The van der Waals surface area contributed by atoms with E-state index < -0.39 is 0 Å². The Morgan fingerprint density at radius 3 is 2.90 bits per heavy atom. The molecule has 0 amide bonds. The maximum Gasteiger partial charge on any atom is 0.198 e. The van der Waals surface area contributed by atoms with Crippen molar-refractivity contribution < 1.29 is 0 Å². The zero-order valence-corrected chi connectivity index (χ0v) is 11.7. The molecule has 0 saturated carbocycles. The van der Waals surface area contributed by atoms with Gasteiger partial charge in [0.05, 0.1) is 0 Å². The Balaban J connectivity index is 2.19. The van der Waals surface area contributed by atoms with E-state index in [9.17, 15) is 0 Å². The van der Waals surface area contributed by atoms with Gasteiger partial charge in [0.25, 0.3) is 0 Å². The molecular weight excluding hydrogens is 276 g/mol. The van der Waals surface area contributed by atoms with Crippen LogP contribution in [0.25, 0.3) is 0 Å². The minimum atomic E-state index is -0.223. The summed E-state index contributed by atoms with van der Waals surface area (Å²) in [6.45, 7) is 2.43. The number of benzene rings is 1. The van der Waals surface area contributed by atoms with Gasteiger partial charge in [0.1, 0.15) is 0 Å². The molecule has 5 N–H and O–H groups in total. The number of halogens is 1. The molecule has 0 spiro atoms. The van der Waals surface area contributed by atoms with Gasteiger partial charge in [-0.05, 0) is 24.1 Å². The van der Waals surface area contributed by atoms with Crippen molar-refractivity contribution in [3.63, 3.8) is 0 Å². The van der Waals surface area contributed by atoms with Crippen molar-refractivity contribution in [3.05, 3.63) is 52.2 Å². The predicted molar refractivity (Wildman–Crippen MR) is 78.9 cm³/mol. The first-order chi connectivity index (χ1) is 9.49. The Bertz CT molecular complexity index is 706. The van der Waals surface area contributed by atoms with Gasteiger partial charge in [0.15, 0.2) is 17.3 Å². The first kappa shape index (κ1) is 14.1. The summed E-state index contributed by atoms with van der Waals surface area (Å²) in [6.07, 6.45) is 2.96. The Kier molecular flexibility index (Phi) is 4.05. The van der Waals surface area contributed by atoms with Crippen molar-refractivity contribution in [3.8, 4) is 0 Å². The van der Waals surface area contributed by atoms with Crippen LogP contribution >= 0.6 is 11.6 Å². The number of nitrogens with two attached hydrogens (primary N) is 1. The molecule has 0 bridgehead atoms. The van der Waals surface area contributed by atoms with E-state index in [-0.39, 0.29) is 11.4 Å². The molecule has 0 aliphatic carbocycles. The van der Waals surface area contributed by atoms with Gasteiger partial charge in [-0.2, -0.15) is 0 Å². The highest BCUT2D eigenvalue weighted by Crippen LogP contribution is 2.17. The second-order valence-electron chi connectivity index (χ2n) is 4.32. The topological polar surface area (TPSA) is 104 Å². The summed E-state index contributed by atoms with van der Waals surface area (Å²) in [4.78, 5) is 4.07. The first-order valence-corrected chi connectivity index (χ1v) is 6.32. The summed E-state index contributed by atoms with van der Waals surface area (Å²) in [5.74, 6) is 0.137. The molecule has 2 aromatic rings. The molecule has 0 fully saturated rings. The van der Waals surface area contributed by atoms with Crippen LogP contribution in [0.5, 0.6) is 0 Å². The zero-order chi connectivity index (χ0) is 14.7. The molecule has 104 valence electrons. The van der Waals surface area contributed by atoms with Crippen molar-refractivity contribution in [2.24, 2.45) is 5.73 Å². The van der Waals surface area contributed by atoms with E-state index in [1.807, 2.05) is 25.1 Å². The van der Waals surface area contributed by atoms with Crippen LogP contribution in [-0.2, 0) is 6.54 Å². The van der Waals surface area contributed by atoms with E-state index in [0.717, 1.165) is 11.1 Å². The van der Waals surface area contributed by atoms with Crippen molar-refractivity contribution in [2.75, 3.05) is 5.32 Å². The molecule has 1 heterocycles. The highest BCUT2D eigenvalue weighted by molar-refractivity contribution is 6.31. The standard InChI is InChI=1S/C13H15ClN6/c1-8-2-3-9(6-10(8)14)7-19-12-11(15)20(13(16)17)5-4-18-12/h2-6,15H,7H2,1H3,(H3,16,17)(H,18,19). The zero-order valence-electron chi connectivity index (χ0n) is 10.9. The Hall–Kier alpha value is -2.34. The Morgan fingerprint density at radius 2 is 2.25 bits per heavy atom. The van der Waals surface area contributed by atoms with Crippen LogP contribution in [0.15, 0.2) is 30.6 Å². The van der Waals surface area contributed by atoms with E-state index in [2.05, 4.69) is 10.3 Å². The van der Waals surface area contributed by atoms with Gasteiger partial charge in [0.2, 0.25) is 0 Å². The first-order valence-electron chi connectivity index (χ1n) is 5.94. The average Bonchev–Trinajstić information content (AvgIpc) is 2.41. The number of nitrogen functional groups attached to an aromatic ring is 1. The van der Waals surface area contributed by atoms with E-state index in [1.165, 1.54) is 17.0 Å². The quantitative estimate of drug-likeness (QED) is 0.510. The molecule has 7 heteroatoms. The van der Waals surface area contributed by atoms with Gasteiger partial charge in [-0.1, -0.05) is 23.7 Å². The predicted octanol–water partition coefficient (Wildman–Crippen LogP) is 1.68. The van der Waals surface area contributed by atoms with E-state index in [1.54, 1.807) is 0 Å². The van der Waals surface area contributed by atoms with E-state index in [0.29, 0.717) is 17.4 Å². The lowest BCUT2D eigenvalue weighted by molar-refractivity contribution is 0.912. The van der Waals surface area contributed by atoms with Gasteiger partial charge < -0.3 is 11.1 Å². The largest absolute Gasteiger partial charge is 0.369 e. The van der Waals surface area contributed by atoms with Gasteiger partial charge in [-0.3, -0.25) is 15.4 Å².